The van der Waals surface area contributed by atoms with Crippen molar-refractivity contribution in [2.75, 3.05) is 60.6 Å². The molecule has 1 heterocycles. The molecule has 0 fully saturated rings. The molecule has 0 spiro atoms. The van der Waals surface area contributed by atoms with Crippen molar-refractivity contribution in [2.24, 2.45) is 4.99 Å². The summed E-state index contributed by atoms with van der Waals surface area (Å²) in [4.78, 5) is 7.02. The number of ether oxygens (including phenoxy) is 2. The van der Waals surface area contributed by atoms with Crippen LogP contribution in [0.15, 0.2) is 52.1 Å². The predicted molar refractivity (Wildman–Crippen MR) is 121 cm³/mol. The standard InChI is InChI=1S/C23H36N4O3/c1-27(16-5-18-28-2)17-15-26-23(25-14-12-22-6-4-19-30-22)24-13-11-20-7-9-21(29-3)10-8-20/h4,6-10,19H,5,11-18H2,1-3H3,(H2,24,25,26). The van der Waals surface area contributed by atoms with Crippen molar-refractivity contribution in [3.05, 3.63) is 54.0 Å². The minimum absolute atomic E-state index is 0.738. The first-order valence-electron chi connectivity index (χ1n) is 10.6. The van der Waals surface area contributed by atoms with E-state index in [0.29, 0.717) is 0 Å². The van der Waals surface area contributed by atoms with Gasteiger partial charge in [0, 0.05) is 46.3 Å². The van der Waals surface area contributed by atoms with Gasteiger partial charge in [-0.15, -0.1) is 0 Å². The zero-order valence-corrected chi connectivity index (χ0v) is 18.5. The Bertz CT molecular complexity index is 702. The van der Waals surface area contributed by atoms with E-state index in [1.54, 1.807) is 20.5 Å². The molecule has 1 aromatic carbocycles. The molecule has 0 radical (unpaired) electrons. The average molecular weight is 417 g/mol. The molecule has 0 aliphatic rings. The third-order valence-electron chi connectivity index (χ3n) is 4.75. The van der Waals surface area contributed by atoms with Gasteiger partial charge in [0.1, 0.15) is 11.5 Å². The van der Waals surface area contributed by atoms with Crippen molar-refractivity contribution in [3.63, 3.8) is 0 Å². The molecule has 0 bridgehead atoms. The summed E-state index contributed by atoms with van der Waals surface area (Å²) in [5.74, 6) is 2.68. The summed E-state index contributed by atoms with van der Waals surface area (Å²) in [6, 6.07) is 12.1. The number of rotatable bonds is 14. The molecule has 2 aromatic rings. The summed E-state index contributed by atoms with van der Waals surface area (Å²) in [6.07, 6.45) is 4.48. The number of nitrogens with one attached hydrogen (secondary N) is 2. The normalized spacial score (nSPS) is 11.7. The van der Waals surface area contributed by atoms with E-state index >= 15 is 0 Å². The van der Waals surface area contributed by atoms with Crippen LogP contribution in [0, 0.1) is 0 Å². The highest BCUT2D eigenvalue weighted by molar-refractivity contribution is 5.79. The molecule has 0 aliphatic carbocycles. The Labute approximate surface area is 180 Å². The van der Waals surface area contributed by atoms with Gasteiger partial charge >= 0.3 is 0 Å². The molecule has 7 nitrogen and oxygen atoms in total. The maximum absolute atomic E-state index is 5.41. The number of likely N-dealkylation sites (N-methyl/N-ethyl adjacent to an activating group) is 1. The number of nitrogens with zero attached hydrogens (tertiary/aromatic N) is 2. The van der Waals surface area contributed by atoms with Gasteiger partial charge in [0.25, 0.3) is 0 Å². The van der Waals surface area contributed by atoms with E-state index in [1.807, 2.05) is 24.3 Å². The minimum Gasteiger partial charge on any atom is -0.497 e. The van der Waals surface area contributed by atoms with E-state index in [2.05, 4.69) is 34.7 Å². The van der Waals surface area contributed by atoms with Crippen molar-refractivity contribution in [1.29, 1.82) is 0 Å². The van der Waals surface area contributed by atoms with Crippen molar-refractivity contribution in [1.82, 2.24) is 15.5 Å². The first kappa shape index (κ1) is 23.8. The number of aliphatic imine (C=N–C) groups is 1. The van der Waals surface area contributed by atoms with E-state index in [1.165, 1.54) is 5.56 Å². The lowest BCUT2D eigenvalue weighted by atomic mass is 10.1. The van der Waals surface area contributed by atoms with Crippen LogP contribution in [-0.2, 0) is 17.6 Å². The smallest absolute Gasteiger partial charge is 0.191 e. The number of hydrogen-bond acceptors (Lipinski definition) is 5. The average Bonchev–Trinajstić information content (AvgIpc) is 3.27. The summed E-state index contributed by atoms with van der Waals surface area (Å²) in [5, 5.41) is 6.85. The van der Waals surface area contributed by atoms with Crippen LogP contribution in [0.4, 0.5) is 0 Å². The van der Waals surface area contributed by atoms with Gasteiger partial charge in [-0.05, 0) is 49.7 Å². The molecule has 7 heteroatoms. The predicted octanol–water partition coefficient (Wildman–Crippen LogP) is 2.58. The monoisotopic (exact) mass is 416 g/mol. The van der Waals surface area contributed by atoms with Crippen LogP contribution < -0.4 is 15.4 Å². The molecule has 0 saturated heterocycles. The molecular formula is C23H36N4O3. The summed E-state index contributed by atoms with van der Waals surface area (Å²) < 4.78 is 15.7. The molecule has 30 heavy (non-hydrogen) atoms. The maximum Gasteiger partial charge on any atom is 0.191 e. The van der Waals surface area contributed by atoms with E-state index in [4.69, 9.17) is 18.9 Å². The van der Waals surface area contributed by atoms with Crippen LogP contribution in [0.3, 0.4) is 0 Å². The highest BCUT2D eigenvalue weighted by Crippen LogP contribution is 2.11. The maximum atomic E-state index is 5.41. The Morgan fingerprint density at radius 2 is 1.80 bits per heavy atom. The molecule has 0 atom stereocenters. The Balaban J connectivity index is 1.78. The fraction of sp³-hybridized carbons (Fsp3) is 0.522. The summed E-state index contributed by atoms with van der Waals surface area (Å²) in [5.41, 5.74) is 1.26. The molecule has 0 aliphatic heterocycles. The van der Waals surface area contributed by atoms with Crippen molar-refractivity contribution in [3.8, 4) is 5.75 Å². The van der Waals surface area contributed by atoms with Gasteiger partial charge in [0.2, 0.25) is 0 Å². The lowest BCUT2D eigenvalue weighted by Crippen LogP contribution is -2.40. The van der Waals surface area contributed by atoms with E-state index in [9.17, 15) is 0 Å². The van der Waals surface area contributed by atoms with Crippen molar-refractivity contribution in [2.45, 2.75) is 19.3 Å². The lowest BCUT2D eigenvalue weighted by molar-refractivity contribution is 0.180. The fourth-order valence-corrected chi connectivity index (χ4v) is 2.97. The number of methoxy groups -OCH3 is 2. The highest BCUT2D eigenvalue weighted by atomic mass is 16.5. The molecule has 1 aromatic heterocycles. The second kappa shape index (κ2) is 14.5. The van der Waals surface area contributed by atoms with Gasteiger partial charge in [-0.2, -0.15) is 0 Å². The summed E-state index contributed by atoms with van der Waals surface area (Å²) >= 11 is 0. The Kier molecular flexibility index (Phi) is 11.5. The SMILES string of the molecule is COCCCN(C)CCN=C(NCCc1ccc(OC)cc1)NCCc1ccco1. The Morgan fingerprint density at radius 3 is 2.47 bits per heavy atom. The van der Waals surface area contributed by atoms with Gasteiger partial charge in [0.05, 0.1) is 19.9 Å². The Morgan fingerprint density at radius 1 is 1.03 bits per heavy atom. The van der Waals surface area contributed by atoms with Crippen LogP contribution in [0.2, 0.25) is 0 Å². The van der Waals surface area contributed by atoms with Gasteiger partial charge in [-0.1, -0.05) is 12.1 Å². The first-order chi connectivity index (χ1) is 14.7. The number of guanidine groups is 1. The summed E-state index contributed by atoms with van der Waals surface area (Å²) in [6.45, 7) is 5.03. The van der Waals surface area contributed by atoms with Crippen molar-refractivity contribution >= 4 is 5.96 Å². The summed E-state index contributed by atoms with van der Waals surface area (Å²) in [7, 11) is 5.54. The zero-order chi connectivity index (χ0) is 21.4. The van der Waals surface area contributed by atoms with Crippen molar-refractivity contribution < 1.29 is 13.9 Å². The first-order valence-corrected chi connectivity index (χ1v) is 10.6. The number of benzene rings is 1. The minimum atomic E-state index is 0.738. The lowest BCUT2D eigenvalue weighted by Gasteiger charge is -2.16. The van der Waals surface area contributed by atoms with Gasteiger partial charge < -0.3 is 29.4 Å². The molecule has 2 N–H and O–H groups in total. The van der Waals surface area contributed by atoms with Crippen LogP contribution in [0.25, 0.3) is 0 Å². The van der Waals surface area contributed by atoms with E-state index in [0.717, 1.165) is 76.1 Å². The molecule has 166 valence electrons. The van der Waals surface area contributed by atoms with Gasteiger partial charge in [-0.3, -0.25) is 4.99 Å². The number of hydrogen-bond donors (Lipinski definition) is 2. The quantitative estimate of drug-likeness (QED) is 0.280. The van der Waals surface area contributed by atoms with E-state index < -0.39 is 0 Å². The second-order valence-corrected chi connectivity index (χ2v) is 7.16. The fourth-order valence-electron chi connectivity index (χ4n) is 2.97. The molecule has 2 rings (SSSR count). The van der Waals surface area contributed by atoms with Crippen LogP contribution in [-0.4, -0.2) is 71.5 Å². The van der Waals surface area contributed by atoms with Crippen LogP contribution in [0.5, 0.6) is 5.75 Å². The second-order valence-electron chi connectivity index (χ2n) is 7.16. The topological polar surface area (TPSA) is 71.3 Å². The zero-order valence-electron chi connectivity index (χ0n) is 18.5. The van der Waals surface area contributed by atoms with E-state index in [-0.39, 0.29) is 0 Å². The van der Waals surface area contributed by atoms with Crippen LogP contribution in [0.1, 0.15) is 17.7 Å². The largest absolute Gasteiger partial charge is 0.497 e. The highest BCUT2D eigenvalue weighted by Gasteiger charge is 2.03. The Hall–Kier alpha value is -2.51. The van der Waals surface area contributed by atoms with Crippen LogP contribution >= 0.6 is 0 Å². The molecule has 0 amide bonds. The molecule has 0 unspecified atom stereocenters. The molecular weight excluding hydrogens is 380 g/mol. The third kappa shape index (κ3) is 9.80. The van der Waals surface area contributed by atoms with Gasteiger partial charge in [-0.25, -0.2) is 0 Å². The number of furan rings is 1. The van der Waals surface area contributed by atoms with Gasteiger partial charge in [0.15, 0.2) is 5.96 Å². The molecule has 0 saturated carbocycles. The third-order valence-corrected chi connectivity index (χ3v) is 4.75.